The number of nitrogens with zero attached hydrogens (tertiary/aromatic N) is 20. The van der Waals surface area contributed by atoms with E-state index >= 15 is 0 Å². The molecule has 12 heterocycles. The van der Waals surface area contributed by atoms with Crippen LogP contribution in [0.2, 0.25) is 0 Å². The maximum Gasteiger partial charge on any atom is 0.187 e. The molecule has 0 saturated carbocycles. The van der Waals surface area contributed by atoms with E-state index in [-0.39, 0.29) is 33.1 Å². The fourth-order valence-corrected chi connectivity index (χ4v) is 75.8. The molecule has 0 bridgehead atoms. The minimum atomic E-state index is 0. The number of fused-ring (bicyclic) bond motifs is 15. The van der Waals surface area contributed by atoms with Crippen LogP contribution in [0.3, 0.4) is 0 Å². The van der Waals surface area contributed by atoms with Crippen LogP contribution in [0.4, 0.5) is 28.4 Å². The monoisotopic (exact) mass is 2480 g/mol. The fraction of sp³-hybridized carbons (Fsp3) is 0.305. The number of aromatic nitrogens is 12. The van der Waals surface area contributed by atoms with Crippen molar-refractivity contribution in [1.82, 2.24) is 78.0 Å². The number of likely N-dealkylation sites (N-methyl/N-ethyl adjacent to an activating group) is 3. The molecule has 56 heteroatoms. The lowest BCUT2D eigenvalue weighted by Crippen LogP contribution is -2.46. The van der Waals surface area contributed by atoms with Crippen molar-refractivity contribution in [3.05, 3.63) is 239 Å². The Morgan fingerprint density at radius 3 is 0.978 bits per heavy atom. The summed E-state index contributed by atoms with van der Waals surface area (Å²) >= 11 is 22.4. The van der Waals surface area contributed by atoms with Crippen molar-refractivity contribution in [2.75, 3.05) is 131 Å². The van der Waals surface area contributed by atoms with Crippen molar-refractivity contribution in [3.8, 4) is 85.0 Å². The Morgan fingerprint density at radius 1 is 0.384 bits per heavy atom. The second kappa shape index (κ2) is 61.4. The predicted molar refractivity (Wildman–Crippen MR) is 655 cm³/mol. The molecule has 3 saturated heterocycles. The van der Waals surface area contributed by atoms with E-state index in [1.807, 2.05) is 83.4 Å². The highest BCUT2D eigenvalue weighted by atomic mass is 79.9. The van der Waals surface area contributed by atoms with E-state index in [1.165, 1.54) is 63.6 Å². The molecule has 6 aromatic heterocycles. The molecule has 6 aliphatic heterocycles. The standard InChI is InChI=1S/2C27H27N7O.C20H12BrN5.C7H16N2O.CH4.S18.S12.H2S/c2*1-28-22-6-4-19(5-7-22)20-13-26-27-30-29-18-34(27)25-9-8-23(12-21(25)15-33(26)14-20)32-10-11-35-24(17-32)16-31(2)3;1-22-17-5-2-13(3-6-17)14-9-19-20-24-23-12-26(20)18-7-4-16(21)8-15(18)11-25(19)10-14;1-9(2)6-7-5-8-3-4-10-7;;1-3-5-7-9-11-13-15-17-18-16-14-12-10-8-6-4-2;1-3-5-7-9-11-12-10-8-6-4-2;/h2*4-9,12-14,18,24H,10-11,15-17H2,2-3H3;2-10,12H,11H2;7-8H,3-6H2,1-2H3;1H4;;;1H2/t24-;;;;;;;/m0......./s1. The number of morpholine rings is 3. The molecule has 12 aromatic rings. The van der Waals surface area contributed by atoms with Crippen LogP contribution in [-0.2, 0) is 309 Å². The van der Waals surface area contributed by atoms with Crippen LogP contribution >= 0.6 is 29.4 Å². The molecule has 0 amide bonds. The molecule has 0 aliphatic carbocycles. The van der Waals surface area contributed by atoms with E-state index in [0.29, 0.717) is 23.2 Å². The molecule has 3 atom stereocenters. The first-order valence-corrected chi connectivity index (χ1v) is 78.3. The van der Waals surface area contributed by atoms with Crippen LogP contribution in [0.25, 0.3) is 99.5 Å². The van der Waals surface area contributed by atoms with Gasteiger partial charge in [-0.1, -0.05) is 96.2 Å². The molecule has 18 rings (SSSR count). The molecule has 24 nitrogen and oxygen atoms in total. The Kier molecular flexibility index (Phi) is 50.8. The largest absolute Gasteiger partial charge is 0.374 e. The zero-order valence-corrected chi connectivity index (χ0v) is 100. The molecule has 0 spiro atoms. The predicted octanol–water partition coefficient (Wildman–Crippen LogP) is 13.5. The maximum absolute atomic E-state index is 7.20. The van der Waals surface area contributed by atoms with Crippen LogP contribution < -0.4 is 15.1 Å². The first kappa shape index (κ1) is 114. The van der Waals surface area contributed by atoms with Crippen molar-refractivity contribution in [2.45, 2.75) is 45.4 Å². The molecule has 3 fully saturated rings. The second-order valence-corrected chi connectivity index (χ2v) is 76.7. The molecule has 6 aliphatic rings. The summed E-state index contributed by atoms with van der Waals surface area (Å²) in [6.45, 7) is 34.5. The molecule has 2 unspecified atom stereocenters. The van der Waals surface area contributed by atoms with Gasteiger partial charge in [0.2, 0.25) is 0 Å². The number of halogens is 1. The molecule has 732 valence electrons. The number of benzene rings is 6. The Labute approximate surface area is 912 Å². The van der Waals surface area contributed by atoms with Gasteiger partial charge in [-0.2, -0.15) is 13.5 Å². The quantitative estimate of drug-likeness (QED) is 0.121. The fourth-order valence-electron chi connectivity index (χ4n) is 15.0. The van der Waals surface area contributed by atoms with Crippen molar-refractivity contribution in [1.29, 1.82) is 0 Å². The Bertz CT molecular complexity index is 7430. The number of rotatable bonds is 11. The van der Waals surface area contributed by atoms with Gasteiger partial charge in [0.05, 0.1) is 92.0 Å². The second-order valence-electron chi connectivity index (χ2n) is 29.8. The van der Waals surface area contributed by atoms with Gasteiger partial charge in [-0.05, 0) is 148 Å². The average molecular weight is 2490 g/mol. The Hall–Kier alpha value is -4.20. The van der Waals surface area contributed by atoms with Gasteiger partial charge >= 0.3 is 0 Å². The van der Waals surface area contributed by atoms with Gasteiger partial charge in [-0.3, -0.25) is 13.7 Å². The van der Waals surface area contributed by atoms with Crippen LogP contribution in [0.15, 0.2) is 188 Å². The average Bonchev–Trinajstić information content (AvgIpc) is 1.62. The van der Waals surface area contributed by atoms with Gasteiger partial charge in [-0.15, -0.1) is 30.6 Å². The first-order chi connectivity index (χ1) is 66.5. The van der Waals surface area contributed by atoms with E-state index in [2.05, 4.69) is 264 Å². The zero-order valence-electron chi connectivity index (χ0n) is 73.0. The summed E-state index contributed by atoms with van der Waals surface area (Å²) in [4.78, 5) is 21.8. The molecular weight excluding hydrogens is 2400 g/mol. The summed E-state index contributed by atoms with van der Waals surface area (Å²) in [6.07, 6.45) is 12.6. The Morgan fingerprint density at radius 2 is 0.681 bits per heavy atom. The van der Waals surface area contributed by atoms with Crippen molar-refractivity contribution < 1.29 is 14.2 Å². The number of nitrogens with one attached hydrogen (secondary N) is 1. The van der Waals surface area contributed by atoms with E-state index in [9.17, 15) is 0 Å². The van der Waals surface area contributed by atoms with Crippen molar-refractivity contribution >= 4 is 334 Å². The lowest BCUT2D eigenvalue weighted by Gasteiger charge is -2.36. The summed E-state index contributed by atoms with van der Waals surface area (Å²) in [7, 11) is 55.9. The van der Waals surface area contributed by atoms with Crippen molar-refractivity contribution in [2.24, 2.45) is 0 Å². The van der Waals surface area contributed by atoms with Crippen LogP contribution in [0.1, 0.15) is 24.1 Å². The first-order valence-electron chi connectivity index (χ1n) is 40.2. The van der Waals surface area contributed by atoms with Gasteiger partial charge in [0, 0.05) is 405 Å². The molecule has 6 aromatic carbocycles. The summed E-state index contributed by atoms with van der Waals surface area (Å²) in [5.74, 6) is 2.49. The number of ether oxygens (including phenoxy) is 3. The topological polar surface area (TPSA) is 176 Å². The number of hydrogen-bond donors (Lipinski definition) is 1. The van der Waals surface area contributed by atoms with Gasteiger partial charge in [0.1, 0.15) is 19.0 Å². The lowest BCUT2D eigenvalue weighted by atomic mass is 10.1. The van der Waals surface area contributed by atoms with Gasteiger partial charge in [0.15, 0.2) is 34.5 Å². The third-order valence-corrected chi connectivity index (χ3v) is 74.2. The molecule has 1 N–H and O–H groups in total. The summed E-state index contributed by atoms with van der Waals surface area (Å²) in [5, 5.41) is 29.2. The minimum Gasteiger partial charge on any atom is -0.374 e. The highest BCUT2D eigenvalue weighted by molar-refractivity contribution is 9.10. The number of anilines is 2. The molecule has 138 heavy (non-hydrogen) atoms. The van der Waals surface area contributed by atoms with E-state index in [1.54, 1.807) is 214 Å². The Balaban J connectivity index is 0.000000167. The lowest BCUT2D eigenvalue weighted by molar-refractivity contribution is 0.0139. The highest BCUT2D eigenvalue weighted by Gasteiger charge is 2.30. The van der Waals surface area contributed by atoms with Gasteiger partial charge in [0.25, 0.3) is 0 Å². The minimum absolute atomic E-state index is 0. The highest BCUT2D eigenvalue weighted by Crippen LogP contribution is 2.40. The number of hydrogen-bond acceptors (Lipinski definition) is 19. The SMILES string of the molecule is C.CN(C)CC1CNCCO1.S.S=S=S=S=S=S=S=S=S=S=S=S.S=S=S=S=S=S=S=S=S=S=S=S=S=S=S=S=S=S.[C-]#[N+]c1ccc(-c2cc3n(c2)Cc2cc(Br)ccc2-n2cnnc2-3)cc1.[C-]#[N+]c1ccc(-c2cc3n(c2)Cc2cc(N4CCOC(CN(C)C)C4)ccc2-n2cnnc2-3)cc1.[C-]#[N+]c1ccc(-c2cc3n(c2)Cc2cc(N4CCO[C@@H](CN(C)C)C4)ccc2-n2cnnc2-3)cc1. The van der Waals surface area contributed by atoms with E-state index < -0.39 is 0 Å². The van der Waals surface area contributed by atoms with Crippen LogP contribution in [0.5, 0.6) is 0 Å². The summed E-state index contributed by atoms with van der Waals surface area (Å²) < 4.78 is 31.4. The summed E-state index contributed by atoms with van der Waals surface area (Å²) in [5.41, 5.74) is 21.0. The third kappa shape index (κ3) is 34.2. The van der Waals surface area contributed by atoms with E-state index in [4.69, 9.17) is 56.3 Å². The van der Waals surface area contributed by atoms with Gasteiger partial charge in [-0.25, -0.2) is 14.5 Å². The molecular formula is C82H88BrN21O3S31. The smallest absolute Gasteiger partial charge is 0.187 e. The van der Waals surface area contributed by atoms with E-state index in [0.717, 1.165) is 188 Å². The zero-order chi connectivity index (χ0) is 95.3. The van der Waals surface area contributed by atoms with Crippen LogP contribution in [0, 0.1) is 19.7 Å². The molecule has 0 radical (unpaired) electrons. The third-order valence-electron chi connectivity index (χ3n) is 20.4. The van der Waals surface area contributed by atoms with Crippen molar-refractivity contribution in [3.63, 3.8) is 0 Å². The van der Waals surface area contributed by atoms with Gasteiger partial charge < -0.3 is 57.7 Å². The maximum atomic E-state index is 7.20. The summed E-state index contributed by atoms with van der Waals surface area (Å²) in [6, 6.07) is 49.2. The van der Waals surface area contributed by atoms with Crippen LogP contribution in [-0.4, -0.2) is 212 Å². The normalized spacial score (nSPS) is 14.3.